The third kappa shape index (κ3) is 4.23. The molecule has 1 aliphatic rings. The van der Waals surface area contributed by atoms with Crippen LogP contribution >= 0.6 is 0 Å². The Labute approximate surface area is 186 Å². The van der Waals surface area contributed by atoms with Crippen molar-refractivity contribution in [1.82, 2.24) is 9.62 Å². The molecule has 0 saturated carbocycles. The summed E-state index contributed by atoms with van der Waals surface area (Å²) in [7, 11) is -2.36. The van der Waals surface area contributed by atoms with Crippen molar-refractivity contribution in [3.8, 4) is 11.8 Å². The molecule has 3 aromatic carbocycles. The third-order valence-corrected chi connectivity index (χ3v) is 7.03. The summed E-state index contributed by atoms with van der Waals surface area (Å²) in [5, 5.41) is 10.7. The average molecular weight is 451 g/mol. The molecule has 3 N–H and O–H groups in total. The normalized spacial score (nSPS) is 16.3. The lowest BCUT2D eigenvalue weighted by Crippen LogP contribution is -2.41. The first-order valence-corrected chi connectivity index (χ1v) is 11.5. The number of sulfonamides is 1. The van der Waals surface area contributed by atoms with Gasteiger partial charge in [0.25, 0.3) is 0 Å². The Morgan fingerprint density at radius 2 is 1.94 bits per heavy atom. The van der Waals surface area contributed by atoms with Gasteiger partial charge in [-0.15, -0.1) is 0 Å². The van der Waals surface area contributed by atoms with E-state index in [1.807, 2.05) is 12.1 Å². The molecule has 0 radical (unpaired) electrons. The maximum absolute atomic E-state index is 13.0. The quantitative estimate of drug-likeness (QED) is 0.556. The first-order valence-electron chi connectivity index (χ1n) is 9.98. The number of nitrogens with one attached hydrogen (secondary N) is 1. The molecule has 3 aromatic rings. The summed E-state index contributed by atoms with van der Waals surface area (Å²) < 4.78 is 33.7. The van der Waals surface area contributed by atoms with Crippen molar-refractivity contribution >= 4 is 32.4 Å². The topological polar surface area (TPSA) is 126 Å². The molecular weight excluding hydrogens is 428 g/mol. The molecule has 1 fully saturated rings. The number of nitriles is 1. The van der Waals surface area contributed by atoms with Crippen molar-refractivity contribution in [2.24, 2.45) is 0 Å². The molecule has 9 heteroatoms. The number of rotatable bonds is 6. The van der Waals surface area contributed by atoms with E-state index in [-0.39, 0.29) is 17.3 Å². The van der Waals surface area contributed by atoms with Gasteiger partial charge in [0.1, 0.15) is 11.8 Å². The van der Waals surface area contributed by atoms with Crippen molar-refractivity contribution < 1.29 is 17.9 Å². The van der Waals surface area contributed by atoms with Gasteiger partial charge in [-0.05, 0) is 65.2 Å². The van der Waals surface area contributed by atoms with E-state index in [4.69, 9.17) is 15.7 Å². The smallest absolute Gasteiger partial charge is 0.241 e. The minimum atomic E-state index is -3.91. The fourth-order valence-electron chi connectivity index (χ4n) is 3.78. The largest absolute Gasteiger partial charge is 0.497 e. The molecular formula is C23H22N4O4S. The molecule has 0 bridgehead atoms. The van der Waals surface area contributed by atoms with Crippen LogP contribution in [0.3, 0.4) is 0 Å². The second-order valence-corrected chi connectivity index (χ2v) is 9.34. The van der Waals surface area contributed by atoms with E-state index in [9.17, 15) is 13.2 Å². The number of fused-ring (bicyclic) bond motifs is 1. The molecule has 1 atom stereocenters. The zero-order valence-corrected chi connectivity index (χ0v) is 18.2. The van der Waals surface area contributed by atoms with Crippen LogP contribution in [0.15, 0.2) is 59.5 Å². The second kappa shape index (κ2) is 8.49. The number of nitrogens with zero attached hydrogens (tertiary/aromatic N) is 2. The number of nitrogen functional groups attached to an aromatic ring is 1. The summed E-state index contributed by atoms with van der Waals surface area (Å²) in [5.74, 6) is 0.305. The molecule has 1 amide bonds. The number of ether oxygens (including phenoxy) is 1. The van der Waals surface area contributed by atoms with E-state index in [0.717, 1.165) is 10.8 Å². The third-order valence-electron chi connectivity index (χ3n) is 5.56. The number of methoxy groups -OCH3 is 1. The van der Waals surface area contributed by atoms with Gasteiger partial charge < -0.3 is 15.4 Å². The monoisotopic (exact) mass is 450 g/mol. The summed E-state index contributed by atoms with van der Waals surface area (Å²) >= 11 is 0. The van der Waals surface area contributed by atoms with Gasteiger partial charge >= 0.3 is 0 Å². The number of anilines is 1. The SMILES string of the molecule is COc1ccc2ccc(S(=O)(=O)N[C@H]3CCN(Cc4cc(C#N)ccc4N)C3=O)cc2c1. The molecule has 1 saturated heterocycles. The lowest BCUT2D eigenvalue weighted by atomic mass is 10.1. The van der Waals surface area contributed by atoms with Crippen LogP contribution in [0, 0.1) is 11.3 Å². The predicted octanol–water partition coefficient (Wildman–Crippen LogP) is 2.38. The average Bonchev–Trinajstić information content (AvgIpc) is 3.12. The Hall–Kier alpha value is -3.61. The van der Waals surface area contributed by atoms with Gasteiger partial charge in [0, 0.05) is 18.8 Å². The fourth-order valence-corrected chi connectivity index (χ4v) is 5.03. The van der Waals surface area contributed by atoms with E-state index in [1.54, 1.807) is 54.5 Å². The Kier molecular flexibility index (Phi) is 5.74. The van der Waals surface area contributed by atoms with Gasteiger partial charge in [0.05, 0.1) is 23.6 Å². The highest BCUT2D eigenvalue weighted by Crippen LogP contribution is 2.25. The van der Waals surface area contributed by atoms with Crippen LogP contribution < -0.4 is 15.2 Å². The van der Waals surface area contributed by atoms with E-state index >= 15 is 0 Å². The summed E-state index contributed by atoms with van der Waals surface area (Å²) in [6.07, 6.45) is 0.345. The van der Waals surface area contributed by atoms with Gasteiger partial charge in [-0.3, -0.25) is 4.79 Å². The summed E-state index contributed by atoms with van der Waals surface area (Å²) in [5.41, 5.74) is 7.56. The molecule has 164 valence electrons. The maximum Gasteiger partial charge on any atom is 0.241 e. The molecule has 4 rings (SSSR count). The van der Waals surface area contributed by atoms with Crippen molar-refractivity contribution in [2.45, 2.75) is 23.9 Å². The highest BCUT2D eigenvalue weighted by Gasteiger charge is 2.35. The molecule has 0 spiro atoms. The molecule has 0 aromatic heterocycles. The van der Waals surface area contributed by atoms with Gasteiger partial charge in [-0.1, -0.05) is 12.1 Å². The highest BCUT2D eigenvalue weighted by molar-refractivity contribution is 7.89. The van der Waals surface area contributed by atoms with Crippen molar-refractivity contribution in [3.63, 3.8) is 0 Å². The van der Waals surface area contributed by atoms with Crippen molar-refractivity contribution in [2.75, 3.05) is 19.4 Å². The molecule has 0 unspecified atom stereocenters. The predicted molar refractivity (Wildman–Crippen MR) is 120 cm³/mol. The summed E-state index contributed by atoms with van der Waals surface area (Å²) in [4.78, 5) is 14.5. The molecule has 0 aliphatic carbocycles. The number of nitrogens with two attached hydrogens (primary N) is 1. The first kappa shape index (κ1) is 21.6. The Bertz CT molecular complexity index is 1350. The number of amides is 1. The Morgan fingerprint density at radius 3 is 2.69 bits per heavy atom. The van der Waals surface area contributed by atoms with Crippen molar-refractivity contribution in [1.29, 1.82) is 5.26 Å². The minimum Gasteiger partial charge on any atom is -0.497 e. The van der Waals surface area contributed by atoms with Crippen LogP contribution in [0.4, 0.5) is 5.69 Å². The van der Waals surface area contributed by atoms with Gasteiger partial charge in [0.15, 0.2) is 0 Å². The van der Waals surface area contributed by atoms with E-state index < -0.39 is 16.1 Å². The molecule has 1 aliphatic heterocycles. The zero-order chi connectivity index (χ0) is 22.9. The molecule has 32 heavy (non-hydrogen) atoms. The second-order valence-electron chi connectivity index (χ2n) is 7.62. The van der Waals surface area contributed by atoms with E-state index in [0.29, 0.717) is 35.5 Å². The molecule has 1 heterocycles. The van der Waals surface area contributed by atoms with Gasteiger partial charge in [0.2, 0.25) is 15.9 Å². The van der Waals surface area contributed by atoms with Crippen LogP contribution in [0.5, 0.6) is 5.75 Å². The van der Waals surface area contributed by atoms with Crippen molar-refractivity contribution in [3.05, 3.63) is 65.7 Å². The zero-order valence-electron chi connectivity index (χ0n) is 17.4. The van der Waals surface area contributed by atoms with Gasteiger partial charge in [-0.2, -0.15) is 9.98 Å². The number of likely N-dealkylation sites (tertiary alicyclic amines) is 1. The number of hydrogen-bond donors (Lipinski definition) is 2. The number of carbonyl (C=O) groups is 1. The molecule has 8 nitrogen and oxygen atoms in total. The fraction of sp³-hybridized carbons (Fsp3) is 0.217. The lowest BCUT2D eigenvalue weighted by molar-refractivity contribution is -0.129. The Morgan fingerprint density at radius 1 is 1.16 bits per heavy atom. The standard InChI is InChI=1S/C23H22N4O4S/c1-31-19-5-3-16-4-6-20(12-17(16)11-19)32(29,30)26-22-8-9-27(23(22)28)14-18-10-15(13-24)2-7-21(18)25/h2-7,10-12,22,26H,8-9,14,25H2,1H3/t22-/m0/s1. The highest BCUT2D eigenvalue weighted by atomic mass is 32.2. The number of benzene rings is 3. The summed E-state index contributed by atoms with van der Waals surface area (Å²) in [6.45, 7) is 0.603. The van der Waals surface area contributed by atoms with Crippen LogP contribution in [-0.4, -0.2) is 38.9 Å². The lowest BCUT2D eigenvalue weighted by Gasteiger charge is -2.18. The maximum atomic E-state index is 13.0. The van der Waals surface area contributed by atoms with Crippen LogP contribution in [0.25, 0.3) is 10.8 Å². The van der Waals surface area contributed by atoms with Crippen LogP contribution in [0.2, 0.25) is 0 Å². The van der Waals surface area contributed by atoms with Crippen LogP contribution in [0.1, 0.15) is 17.5 Å². The number of carbonyl (C=O) groups excluding carboxylic acids is 1. The van der Waals surface area contributed by atoms with Crippen LogP contribution in [-0.2, 0) is 21.4 Å². The van der Waals surface area contributed by atoms with E-state index in [2.05, 4.69) is 4.72 Å². The summed E-state index contributed by atoms with van der Waals surface area (Å²) in [6, 6.07) is 16.3. The van der Waals surface area contributed by atoms with Gasteiger partial charge in [-0.25, -0.2) is 8.42 Å². The first-order chi connectivity index (χ1) is 15.3. The van der Waals surface area contributed by atoms with E-state index in [1.165, 1.54) is 6.07 Å². The Balaban J connectivity index is 1.51. The number of hydrogen-bond acceptors (Lipinski definition) is 6. The minimum absolute atomic E-state index is 0.0791.